The minimum atomic E-state index is -0.321. The molecular weight excluding hydrogens is 254 g/mol. The van der Waals surface area contributed by atoms with Gasteiger partial charge in [0.05, 0.1) is 0 Å². The number of halogens is 1. The van der Waals surface area contributed by atoms with E-state index >= 15 is 0 Å². The van der Waals surface area contributed by atoms with Gasteiger partial charge in [0.25, 0.3) is 5.91 Å². The van der Waals surface area contributed by atoms with E-state index in [-0.39, 0.29) is 11.8 Å². The summed E-state index contributed by atoms with van der Waals surface area (Å²) in [4.78, 5) is 26.2. The quantitative estimate of drug-likeness (QED) is 0.605. The van der Waals surface area contributed by atoms with Gasteiger partial charge < -0.3 is 11.1 Å². The van der Waals surface area contributed by atoms with E-state index in [1.165, 1.54) is 6.07 Å². The second-order valence-electron chi connectivity index (χ2n) is 4.00. The average Bonchev–Trinajstić information content (AvgIpc) is 2.26. The van der Waals surface area contributed by atoms with Crippen molar-refractivity contribution in [3.05, 3.63) is 28.5 Å². The predicted molar refractivity (Wildman–Crippen MR) is 69.4 cm³/mol. The topological polar surface area (TPSA) is 85.1 Å². The number of nitrogens with zero attached hydrogens (tertiary/aromatic N) is 1. The molecule has 0 atom stereocenters. The van der Waals surface area contributed by atoms with Crippen LogP contribution in [0.5, 0.6) is 0 Å². The molecule has 0 bridgehead atoms. The summed E-state index contributed by atoms with van der Waals surface area (Å²) < 4.78 is 0. The number of carbonyl (C=O) groups excluding carboxylic acids is 2. The van der Waals surface area contributed by atoms with Crippen molar-refractivity contribution in [1.82, 2.24) is 10.3 Å². The molecular formula is C12H16ClN3O2. The lowest BCUT2D eigenvalue weighted by Gasteiger charge is -2.05. The number of hydrogen-bond acceptors (Lipinski definition) is 3. The van der Waals surface area contributed by atoms with E-state index in [0.29, 0.717) is 42.2 Å². The summed E-state index contributed by atoms with van der Waals surface area (Å²) >= 11 is 5.77. The molecule has 1 rings (SSSR count). The van der Waals surface area contributed by atoms with Gasteiger partial charge in [-0.2, -0.15) is 0 Å². The number of unbranched alkanes of at least 4 members (excludes halogenated alkanes) is 1. The first-order chi connectivity index (χ1) is 8.49. The Morgan fingerprint density at radius 1 is 1.39 bits per heavy atom. The molecule has 0 spiro atoms. The zero-order valence-corrected chi connectivity index (χ0v) is 11.0. The standard InChI is InChI=1S/C12H16ClN3O2/c1-8-6-9(7-10(13)16-8)12(18)15-5-3-2-4-11(14)17/h6-7H,2-5H2,1H3,(H2,14,17)(H,15,18). The zero-order valence-electron chi connectivity index (χ0n) is 10.2. The molecule has 0 aromatic carbocycles. The maximum Gasteiger partial charge on any atom is 0.251 e. The van der Waals surface area contributed by atoms with E-state index < -0.39 is 0 Å². The highest BCUT2D eigenvalue weighted by Gasteiger charge is 2.07. The summed E-state index contributed by atoms with van der Waals surface area (Å²) in [6.45, 7) is 2.28. The Hall–Kier alpha value is -1.62. The minimum Gasteiger partial charge on any atom is -0.370 e. The highest BCUT2D eigenvalue weighted by Crippen LogP contribution is 2.10. The molecule has 0 aliphatic rings. The van der Waals surface area contributed by atoms with Gasteiger partial charge in [-0.25, -0.2) is 4.98 Å². The lowest BCUT2D eigenvalue weighted by atomic mass is 10.2. The lowest BCUT2D eigenvalue weighted by Crippen LogP contribution is -2.25. The molecule has 1 aromatic rings. The summed E-state index contributed by atoms with van der Waals surface area (Å²) in [7, 11) is 0. The van der Waals surface area contributed by atoms with Crippen LogP contribution in [0, 0.1) is 6.92 Å². The van der Waals surface area contributed by atoms with Crippen LogP contribution < -0.4 is 11.1 Å². The third-order valence-electron chi connectivity index (χ3n) is 2.32. The first-order valence-electron chi connectivity index (χ1n) is 5.69. The second kappa shape index (κ2) is 6.96. The number of hydrogen-bond donors (Lipinski definition) is 2. The molecule has 0 saturated heterocycles. The number of primary amides is 1. The van der Waals surface area contributed by atoms with Gasteiger partial charge in [-0.3, -0.25) is 9.59 Å². The molecule has 2 amide bonds. The summed E-state index contributed by atoms with van der Waals surface area (Å²) in [6.07, 6.45) is 1.73. The molecule has 0 aliphatic heterocycles. The number of amides is 2. The molecule has 1 heterocycles. The maximum absolute atomic E-state index is 11.8. The number of pyridine rings is 1. The Bertz CT molecular complexity index is 429. The number of aromatic nitrogens is 1. The lowest BCUT2D eigenvalue weighted by molar-refractivity contribution is -0.118. The Kier molecular flexibility index (Phi) is 5.58. The normalized spacial score (nSPS) is 10.1. The average molecular weight is 270 g/mol. The summed E-state index contributed by atoms with van der Waals surface area (Å²) in [5.74, 6) is -0.514. The van der Waals surface area contributed by atoms with Crippen molar-refractivity contribution in [3.63, 3.8) is 0 Å². The number of rotatable bonds is 6. The van der Waals surface area contributed by atoms with Gasteiger partial charge in [0.1, 0.15) is 5.15 Å². The van der Waals surface area contributed by atoms with Crippen molar-refractivity contribution in [2.24, 2.45) is 5.73 Å². The number of carbonyl (C=O) groups is 2. The predicted octanol–water partition coefficient (Wildman–Crippen LogP) is 1.43. The monoisotopic (exact) mass is 269 g/mol. The van der Waals surface area contributed by atoms with Gasteiger partial charge in [0.15, 0.2) is 0 Å². The van der Waals surface area contributed by atoms with Crippen molar-refractivity contribution >= 4 is 23.4 Å². The van der Waals surface area contributed by atoms with Gasteiger partial charge in [0.2, 0.25) is 5.91 Å². The molecule has 3 N–H and O–H groups in total. The smallest absolute Gasteiger partial charge is 0.251 e. The van der Waals surface area contributed by atoms with Crippen molar-refractivity contribution < 1.29 is 9.59 Å². The largest absolute Gasteiger partial charge is 0.370 e. The molecule has 18 heavy (non-hydrogen) atoms. The second-order valence-corrected chi connectivity index (χ2v) is 4.39. The SMILES string of the molecule is Cc1cc(C(=O)NCCCCC(N)=O)cc(Cl)n1. The molecule has 98 valence electrons. The molecule has 0 aliphatic carbocycles. The van der Waals surface area contributed by atoms with Crippen molar-refractivity contribution in [3.8, 4) is 0 Å². The van der Waals surface area contributed by atoms with Crippen molar-refractivity contribution in [2.45, 2.75) is 26.2 Å². The van der Waals surface area contributed by atoms with Crippen LogP contribution in [0.15, 0.2) is 12.1 Å². The Labute approximate surface area is 111 Å². The fraction of sp³-hybridized carbons (Fsp3) is 0.417. The summed E-state index contributed by atoms with van der Waals surface area (Å²) in [6, 6.07) is 3.19. The third kappa shape index (κ3) is 5.14. The highest BCUT2D eigenvalue weighted by molar-refractivity contribution is 6.29. The van der Waals surface area contributed by atoms with E-state index in [4.69, 9.17) is 17.3 Å². The molecule has 1 aromatic heterocycles. The first-order valence-corrected chi connectivity index (χ1v) is 6.07. The third-order valence-corrected chi connectivity index (χ3v) is 2.51. The van der Waals surface area contributed by atoms with E-state index in [2.05, 4.69) is 10.3 Å². The maximum atomic E-state index is 11.8. The molecule has 0 saturated carbocycles. The zero-order chi connectivity index (χ0) is 13.5. The van der Waals surface area contributed by atoms with Crippen LogP contribution in [0.1, 0.15) is 35.3 Å². The highest BCUT2D eigenvalue weighted by atomic mass is 35.5. The van der Waals surface area contributed by atoms with Crippen molar-refractivity contribution in [2.75, 3.05) is 6.54 Å². The van der Waals surface area contributed by atoms with Crippen LogP contribution in [0.3, 0.4) is 0 Å². The fourth-order valence-corrected chi connectivity index (χ4v) is 1.74. The van der Waals surface area contributed by atoms with Crippen molar-refractivity contribution in [1.29, 1.82) is 0 Å². The molecule has 0 unspecified atom stereocenters. The van der Waals surface area contributed by atoms with Crippen LogP contribution in [0.25, 0.3) is 0 Å². The summed E-state index contributed by atoms with van der Waals surface area (Å²) in [5.41, 5.74) is 6.19. The van der Waals surface area contributed by atoms with E-state index in [0.717, 1.165) is 0 Å². The molecule has 6 heteroatoms. The van der Waals surface area contributed by atoms with E-state index in [9.17, 15) is 9.59 Å². The van der Waals surface area contributed by atoms with E-state index in [1.54, 1.807) is 13.0 Å². The first kappa shape index (κ1) is 14.4. The van der Waals surface area contributed by atoms with Crippen LogP contribution >= 0.6 is 11.6 Å². The van der Waals surface area contributed by atoms with Crippen LogP contribution in [-0.2, 0) is 4.79 Å². The molecule has 0 fully saturated rings. The molecule has 5 nitrogen and oxygen atoms in total. The van der Waals surface area contributed by atoms with Gasteiger partial charge in [-0.1, -0.05) is 11.6 Å². The Morgan fingerprint density at radius 3 is 2.72 bits per heavy atom. The van der Waals surface area contributed by atoms with Crippen LogP contribution in [0.2, 0.25) is 5.15 Å². The van der Waals surface area contributed by atoms with Gasteiger partial charge in [-0.15, -0.1) is 0 Å². The van der Waals surface area contributed by atoms with Crippen LogP contribution in [0.4, 0.5) is 0 Å². The van der Waals surface area contributed by atoms with Gasteiger partial charge in [-0.05, 0) is 31.9 Å². The minimum absolute atomic E-state index is 0.193. The Morgan fingerprint density at radius 2 is 2.11 bits per heavy atom. The summed E-state index contributed by atoms with van der Waals surface area (Å²) in [5, 5.41) is 3.05. The van der Waals surface area contributed by atoms with E-state index in [1.807, 2.05) is 0 Å². The van der Waals surface area contributed by atoms with Gasteiger partial charge >= 0.3 is 0 Å². The number of nitrogens with two attached hydrogens (primary N) is 1. The Balaban J connectivity index is 2.38. The fourth-order valence-electron chi connectivity index (χ4n) is 1.49. The van der Waals surface area contributed by atoms with Gasteiger partial charge in [0, 0.05) is 24.2 Å². The number of aryl methyl sites for hydroxylation is 1. The van der Waals surface area contributed by atoms with Crippen LogP contribution in [-0.4, -0.2) is 23.3 Å². The number of nitrogens with one attached hydrogen (secondary N) is 1. The molecule has 0 radical (unpaired) electrons.